The van der Waals surface area contributed by atoms with Gasteiger partial charge in [0.1, 0.15) is 17.3 Å². The van der Waals surface area contributed by atoms with Crippen molar-refractivity contribution in [1.29, 1.82) is 0 Å². The summed E-state index contributed by atoms with van der Waals surface area (Å²) in [6, 6.07) is 4.64. The van der Waals surface area contributed by atoms with E-state index in [1.165, 1.54) is 12.1 Å². The van der Waals surface area contributed by atoms with E-state index in [9.17, 15) is 22.4 Å². The number of hydrogen-bond acceptors (Lipinski definition) is 4. The molecule has 2 aromatic heterocycles. The van der Waals surface area contributed by atoms with Gasteiger partial charge in [-0.15, -0.1) is 10.2 Å². The highest BCUT2D eigenvalue weighted by atomic mass is 19.4. The summed E-state index contributed by atoms with van der Waals surface area (Å²) in [5, 5.41) is 10.5. The van der Waals surface area contributed by atoms with Crippen LogP contribution >= 0.6 is 0 Å². The number of rotatable bonds is 3. The van der Waals surface area contributed by atoms with Crippen LogP contribution in [0.5, 0.6) is 0 Å². The molecule has 2 aliphatic rings. The number of H-pyrrole nitrogens is 1. The van der Waals surface area contributed by atoms with Crippen molar-refractivity contribution in [2.75, 3.05) is 6.54 Å². The molecule has 2 N–H and O–H groups in total. The first kappa shape index (κ1) is 21.9. The van der Waals surface area contributed by atoms with Gasteiger partial charge in [0, 0.05) is 30.6 Å². The van der Waals surface area contributed by atoms with Crippen LogP contribution in [0.4, 0.5) is 17.6 Å². The summed E-state index contributed by atoms with van der Waals surface area (Å²) >= 11 is 0. The second kappa shape index (κ2) is 8.12. The summed E-state index contributed by atoms with van der Waals surface area (Å²) in [4.78, 5) is 18.0. The largest absolute Gasteiger partial charge is 0.451 e. The van der Waals surface area contributed by atoms with Gasteiger partial charge in [0.05, 0.1) is 12.1 Å². The second-order valence-corrected chi connectivity index (χ2v) is 8.89. The van der Waals surface area contributed by atoms with E-state index in [-0.39, 0.29) is 30.4 Å². The Bertz CT molecular complexity index is 1160. The van der Waals surface area contributed by atoms with Gasteiger partial charge in [0.25, 0.3) is 5.91 Å². The number of aryl methyl sites for hydroxylation is 1. The Morgan fingerprint density at radius 3 is 2.79 bits per heavy atom. The van der Waals surface area contributed by atoms with Gasteiger partial charge in [-0.2, -0.15) is 13.2 Å². The lowest BCUT2D eigenvalue weighted by molar-refractivity contribution is -0.148. The quantitative estimate of drug-likeness (QED) is 0.579. The number of aromatic amines is 1. The number of nitrogens with zero attached hydrogens (tertiary/aromatic N) is 4. The number of benzene rings is 1. The summed E-state index contributed by atoms with van der Waals surface area (Å²) < 4.78 is 54.5. The van der Waals surface area contributed by atoms with E-state index in [1.807, 2.05) is 6.92 Å². The van der Waals surface area contributed by atoms with Crippen molar-refractivity contribution in [3.8, 4) is 0 Å². The Labute approximate surface area is 187 Å². The molecule has 1 aliphatic carbocycles. The van der Waals surface area contributed by atoms with Crippen LogP contribution in [0.2, 0.25) is 0 Å². The lowest BCUT2D eigenvalue weighted by Crippen LogP contribution is -2.48. The predicted octanol–water partition coefficient (Wildman–Crippen LogP) is 3.78. The van der Waals surface area contributed by atoms with Crippen LogP contribution < -0.4 is 5.32 Å². The highest BCUT2D eigenvalue weighted by Gasteiger charge is 2.40. The first-order valence-electron chi connectivity index (χ1n) is 11.0. The second-order valence-electron chi connectivity index (χ2n) is 8.89. The molecule has 11 heteroatoms. The smallest absolute Gasteiger partial charge is 0.350 e. The summed E-state index contributed by atoms with van der Waals surface area (Å²) in [7, 11) is 0. The number of aromatic nitrogens is 4. The summed E-state index contributed by atoms with van der Waals surface area (Å²) in [6.07, 6.45) is -1.20. The van der Waals surface area contributed by atoms with E-state index in [0.29, 0.717) is 41.9 Å². The standard InChI is InChI=1S/C22H24F4N6O/c1-12-5-6-16(23)15-10-17(28-19(12)15)20(33)27-13-3-2-4-14(9-13)31-7-8-32-18(11-31)29-30-21(32)22(24,25)26/h5-6,10,13-14,28H,2-4,7-9,11H2,1H3,(H,27,33)/t13-,14+/m1/s1. The van der Waals surface area contributed by atoms with E-state index in [0.717, 1.165) is 29.4 Å². The third-order valence-electron chi connectivity index (χ3n) is 6.73. The van der Waals surface area contributed by atoms with Gasteiger partial charge >= 0.3 is 6.18 Å². The SMILES string of the molecule is Cc1ccc(F)c2cc(C(=O)N[C@@H]3CCC[C@H](N4CCn5c(nnc5C(F)(F)F)C4)C3)[nH]c12. The van der Waals surface area contributed by atoms with E-state index < -0.39 is 12.0 Å². The van der Waals surface area contributed by atoms with Gasteiger partial charge in [-0.1, -0.05) is 6.07 Å². The average Bonchev–Trinajstić information content (AvgIpc) is 3.41. The van der Waals surface area contributed by atoms with Gasteiger partial charge in [-0.05, 0) is 50.3 Å². The Kier molecular flexibility index (Phi) is 5.38. The van der Waals surface area contributed by atoms with Crippen LogP contribution in [0.1, 0.15) is 53.4 Å². The molecule has 0 unspecified atom stereocenters. The van der Waals surface area contributed by atoms with E-state index in [2.05, 4.69) is 25.4 Å². The summed E-state index contributed by atoms with van der Waals surface area (Å²) in [5.41, 5.74) is 1.78. The maximum atomic E-state index is 14.1. The zero-order valence-corrected chi connectivity index (χ0v) is 18.0. The van der Waals surface area contributed by atoms with Crippen LogP contribution in [-0.2, 0) is 19.3 Å². The lowest BCUT2D eigenvalue weighted by Gasteiger charge is -2.39. The van der Waals surface area contributed by atoms with Crippen molar-refractivity contribution in [1.82, 2.24) is 30.0 Å². The van der Waals surface area contributed by atoms with Crippen LogP contribution in [0.15, 0.2) is 18.2 Å². The van der Waals surface area contributed by atoms with Gasteiger partial charge in [0.2, 0.25) is 5.82 Å². The normalized spacial score (nSPS) is 21.8. The third-order valence-corrected chi connectivity index (χ3v) is 6.73. The minimum atomic E-state index is -4.52. The lowest BCUT2D eigenvalue weighted by atomic mass is 9.89. The Morgan fingerprint density at radius 1 is 1.21 bits per heavy atom. The fourth-order valence-electron chi connectivity index (χ4n) is 5.04. The number of nitrogens with one attached hydrogen (secondary N) is 2. The third kappa shape index (κ3) is 4.09. The van der Waals surface area contributed by atoms with Crippen molar-refractivity contribution < 1.29 is 22.4 Å². The van der Waals surface area contributed by atoms with Crippen LogP contribution in [0.3, 0.4) is 0 Å². The molecule has 33 heavy (non-hydrogen) atoms. The fourth-order valence-corrected chi connectivity index (χ4v) is 5.04. The average molecular weight is 464 g/mol. The Balaban J connectivity index is 1.25. The van der Waals surface area contributed by atoms with Gasteiger partial charge in [-0.3, -0.25) is 9.69 Å². The number of carbonyl (C=O) groups excluding carboxylic acids is 1. The molecule has 0 bridgehead atoms. The molecule has 176 valence electrons. The monoisotopic (exact) mass is 464 g/mol. The molecule has 7 nitrogen and oxygen atoms in total. The molecule has 3 aromatic rings. The van der Waals surface area contributed by atoms with E-state index in [1.54, 1.807) is 6.07 Å². The minimum absolute atomic E-state index is 0.0702. The van der Waals surface area contributed by atoms with Crippen molar-refractivity contribution in [2.45, 2.75) is 64.0 Å². The van der Waals surface area contributed by atoms with Crippen molar-refractivity contribution in [2.24, 2.45) is 0 Å². The topological polar surface area (TPSA) is 78.8 Å². The zero-order valence-electron chi connectivity index (χ0n) is 18.0. The molecule has 0 saturated heterocycles. The number of hydrogen-bond donors (Lipinski definition) is 2. The number of amides is 1. The molecular weight excluding hydrogens is 440 g/mol. The summed E-state index contributed by atoms with van der Waals surface area (Å²) in [5.74, 6) is -1.30. The van der Waals surface area contributed by atoms with E-state index >= 15 is 0 Å². The fraction of sp³-hybridized carbons (Fsp3) is 0.500. The number of carbonyl (C=O) groups is 1. The first-order chi connectivity index (χ1) is 15.7. The molecule has 1 fully saturated rings. The van der Waals surface area contributed by atoms with Crippen molar-refractivity contribution in [3.63, 3.8) is 0 Å². The van der Waals surface area contributed by atoms with Gasteiger partial charge < -0.3 is 14.9 Å². The molecule has 1 amide bonds. The molecular formula is C22H24F4N6O. The van der Waals surface area contributed by atoms with Crippen LogP contribution in [0.25, 0.3) is 10.9 Å². The first-order valence-corrected chi connectivity index (χ1v) is 11.0. The molecule has 1 aliphatic heterocycles. The predicted molar refractivity (Wildman–Crippen MR) is 112 cm³/mol. The molecule has 5 rings (SSSR count). The maximum absolute atomic E-state index is 14.1. The number of alkyl halides is 3. The Morgan fingerprint density at radius 2 is 2.03 bits per heavy atom. The molecule has 2 atom stereocenters. The van der Waals surface area contributed by atoms with Crippen LogP contribution in [-0.4, -0.2) is 49.2 Å². The molecule has 1 aromatic carbocycles. The van der Waals surface area contributed by atoms with Gasteiger partial charge in [0.15, 0.2) is 0 Å². The van der Waals surface area contributed by atoms with Crippen molar-refractivity contribution in [3.05, 3.63) is 46.9 Å². The van der Waals surface area contributed by atoms with E-state index in [4.69, 9.17) is 0 Å². The molecule has 1 saturated carbocycles. The van der Waals surface area contributed by atoms with Crippen LogP contribution in [0, 0.1) is 12.7 Å². The Hall–Kier alpha value is -2.95. The minimum Gasteiger partial charge on any atom is -0.350 e. The molecule has 3 heterocycles. The van der Waals surface area contributed by atoms with Gasteiger partial charge in [-0.25, -0.2) is 4.39 Å². The number of halogens is 4. The highest BCUT2D eigenvalue weighted by molar-refractivity contribution is 5.99. The number of fused-ring (bicyclic) bond motifs is 2. The molecule has 0 spiro atoms. The highest BCUT2D eigenvalue weighted by Crippen LogP contribution is 2.31. The summed E-state index contributed by atoms with van der Waals surface area (Å²) in [6.45, 7) is 2.81. The van der Waals surface area contributed by atoms with Crippen molar-refractivity contribution >= 4 is 16.8 Å². The maximum Gasteiger partial charge on any atom is 0.451 e. The zero-order chi connectivity index (χ0) is 23.3. The molecule has 0 radical (unpaired) electrons.